The van der Waals surface area contributed by atoms with Crippen LogP contribution in [0.1, 0.15) is 0 Å². The van der Waals surface area contributed by atoms with Crippen molar-refractivity contribution in [1.82, 2.24) is 0 Å². The third-order valence-electron chi connectivity index (χ3n) is 4.53. The highest BCUT2D eigenvalue weighted by atomic mass is 16.3. The van der Waals surface area contributed by atoms with Crippen molar-refractivity contribution < 1.29 is 10.2 Å². The summed E-state index contributed by atoms with van der Waals surface area (Å²) >= 11 is 0. The van der Waals surface area contributed by atoms with Crippen molar-refractivity contribution >= 4 is 0 Å². The molecule has 2 heteroatoms. The van der Waals surface area contributed by atoms with Crippen LogP contribution in [0.4, 0.5) is 0 Å². The Morgan fingerprint density at radius 3 is 1.08 bits per heavy atom. The van der Waals surface area contributed by atoms with Crippen molar-refractivity contribution in [3.63, 3.8) is 0 Å². The first-order chi connectivity index (χ1) is 12.8. The number of phenols is 2. The fourth-order valence-electron chi connectivity index (χ4n) is 3.22. The zero-order valence-corrected chi connectivity index (χ0v) is 14.1. The zero-order valence-electron chi connectivity index (χ0n) is 14.1. The molecule has 0 aliphatic heterocycles. The van der Waals surface area contributed by atoms with E-state index in [4.69, 9.17) is 0 Å². The number of para-hydroxylation sites is 2. The average molecular weight is 338 g/mol. The molecule has 0 fully saturated rings. The molecule has 0 heterocycles. The van der Waals surface area contributed by atoms with Crippen LogP contribution < -0.4 is 0 Å². The van der Waals surface area contributed by atoms with Crippen molar-refractivity contribution in [3.05, 3.63) is 97.1 Å². The Kier molecular flexibility index (Phi) is 4.16. The summed E-state index contributed by atoms with van der Waals surface area (Å²) in [4.78, 5) is 0. The van der Waals surface area contributed by atoms with Gasteiger partial charge in [-0.2, -0.15) is 0 Å². The van der Waals surface area contributed by atoms with Crippen LogP contribution in [0, 0.1) is 0 Å². The summed E-state index contributed by atoms with van der Waals surface area (Å²) in [5, 5.41) is 21.7. The van der Waals surface area contributed by atoms with Gasteiger partial charge in [-0.05, 0) is 11.1 Å². The van der Waals surface area contributed by atoms with Gasteiger partial charge >= 0.3 is 0 Å². The average Bonchev–Trinajstić information content (AvgIpc) is 2.70. The minimum atomic E-state index is 0.166. The van der Waals surface area contributed by atoms with E-state index in [0.29, 0.717) is 11.1 Å². The quantitative estimate of drug-likeness (QED) is 0.474. The van der Waals surface area contributed by atoms with Gasteiger partial charge in [0.15, 0.2) is 0 Å². The zero-order chi connectivity index (χ0) is 17.9. The summed E-state index contributed by atoms with van der Waals surface area (Å²) in [6.45, 7) is 0. The van der Waals surface area contributed by atoms with Gasteiger partial charge in [0.2, 0.25) is 0 Å². The number of hydrogen-bond acceptors (Lipinski definition) is 2. The van der Waals surface area contributed by atoms with Crippen LogP contribution in [0.25, 0.3) is 33.4 Å². The minimum absolute atomic E-state index is 0.166. The first kappa shape index (κ1) is 16.0. The highest BCUT2D eigenvalue weighted by Crippen LogP contribution is 2.44. The number of phenolic OH excluding ortho intramolecular Hbond substituents is 2. The van der Waals surface area contributed by atoms with Crippen LogP contribution in [0.5, 0.6) is 11.5 Å². The highest BCUT2D eigenvalue weighted by Gasteiger charge is 2.16. The summed E-state index contributed by atoms with van der Waals surface area (Å²) in [5.41, 5.74) is 4.58. The minimum Gasteiger partial charge on any atom is -0.507 e. The molecule has 0 saturated heterocycles. The molecule has 0 spiro atoms. The van der Waals surface area contributed by atoms with Crippen LogP contribution >= 0.6 is 0 Å². The molecule has 0 saturated carbocycles. The molecule has 0 bridgehead atoms. The van der Waals surface area contributed by atoms with Gasteiger partial charge in [-0.15, -0.1) is 0 Å². The van der Waals surface area contributed by atoms with Crippen molar-refractivity contribution in [2.24, 2.45) is 0 Å². The molecule has 4 rings (SSSR count). The Hall–Kier alpha value is -3.52. The SMILES string of the molecule is Oc1c(-c2ccccc2)cccc1-c1cccc(-c2ccccc2)c1O. The molecule has 126 valence electrons. The Labute approximate surface area is 152 Å². The molecular formula is C24H18O2. The lowest BCUT2D eigenvalue weighted by molar-refractivity contribution is 0.471. The predicted molar refractivity (Wildman–Crippen MR) is 106 cm³/mol. The number of aromatic hydroxyl groups is 2. The van der Waals surface area contributed by atoms with E-state index in [-0.39, 0.29) is 11.5 Å². The number of benzene rings is 4. The molecule has 26 heavy (non-hydrogen) atoms. The standard InChI is InChI=1S/C24H18O2/c25-23-19(17-9-3-1-4-10-17)13-7-15-21(23)22-16-8-14-20(24(22)26)18-11-5-2-6-12-18/h1-16,25-26H. The second-order valence-electron chi connectivity index (χ2n) is 6.14. The lowest BCUT2D eigenvalue weighted by atomic mass is 9.94. The Morgan fingerprint density at radius 1 is 0.346 bits per heavy atom. The van der Waals surface area contributed by atoms with E-state index in [1.54, 1.807) is 0 Å². The maximum absolute atomic E-state index is 10.9. The summed E-state index contributed by atoms with van der Waals surface area (Å²) < 4.78 is 0. The molecule has 0 unspecified atom stereocenters. The Balaban J connectivity index is 1.87. The van der Waals surface area contributed by atoms with Gasteiger partial charge in [0, 0.05) is 22.3 Å². The van der Waals surface area contributed by atoms with Crippen molar-refractivity contribution in [3.8, 4) is 44.9 Å². The maximum atomic E-state index is 10.9. The van der Waals surface area contributed by atoms with Gasteiger partial charge in [-0.25, -0.2) is 0 Å². The van der Waals surface area contributed by atoms with Crippen LogP contribution in [-0.4, -0.2) is 10.2 Å². The van der Waals surface area contributed by atoms with Gasteiger partial charge in [-0.3, -0.25) is 0 Å². The largest absolute Gasteiger partial charge is 0.507 e. The van der Waals surface area contributed by atoms with Crippen molar-refractivity contribution in [1.29, 1.82) is 0 Å². The van der Waals surface area contributed by atoms with Crippen LogP contribution in [0.2, 0.25) is 0 Å². The fourth-order valence-corrected chi connectivity index (χ4v) is 3.22. The normalized spacial score (nSPS) is 10.6. The van der Waals surface area contributed by atoms with Gasteiger partial charge in [-0.1, -0.05) is 97.1 Å². The molecule has 0 aliphatic carbocycles. The summed E-state index contributed by atoms with van der Waals surface area (Å²) in [6.07, 6.45) is 0. The van der Waals surface area contributed by atoms with Gasteiger partial charge in [0.05, 0.1) is 0 Å². The molecule has 0 radical (unpaired) electrons. The number of rotatable bonds is 3. The molecule has 0 aliphatic rings. The van der Waals surface area contributed by atoms with Gasteiger partial charge < -0.3 is 10.2 Å². The molecule has 4 aromatic carbocycles. The van der Waals surface area contributed by atoms with Crippen LogP contribution in [-0.2, 0) is 0 Å². The fraction of sp³-hybridized carbons (Fsp3) is 0. The predicted octanol–water partition coefficient (Wildman–Crippen LogP) is 6.10. The van der Waals surface area contributed by atoms with Crippen molar-refractivity contribution in [2.45, 2.75) is 0 Å². The maximum Gasteiger partial charge on any atom is 0.131 e. The topological polar surface area (TPSA) is 40.5 Å². The van der Waals surface area contributed by atoms with Gasteiger partial charge in [0.25, 0.3) is 0 Å². The molecule has 0 atom stereocenters. The van der Waals surface area contributed by atoms with Gasteiger partial charge in [0.1, 0.15) is 11.5 Å². The molecule has 4 aromatic rings. The molecular weight excluding hydrogens is 320 g/mol. The number of hydrogen-bond donors (Lipinski definition) is 2. The highest BCUT2D eigenvalue weighted by molar-refractivity contribution is 5.88. The second-order valence-corrected chi connectivity index (χ2v) is 6.14. The molecule has 0 amide bonds. The third kappa shape index (κ3) is 2.82. The molecule has 2 nitrogen and oxygen atoms in total. The van der Waals surface area contributed by atoms with Crippen molar-refractivity contribution in [2.75, 3.05) is 0 Å². The second kappa shape index (κ2) is 6.77. The van der Waals surface area contributed by atoms with E-state index >= 15 is 0 Å². The van der Waals surface area contributed by atoms with E-state index < -0.39 is 0 Å². The van der Waals surface area contributed by atoms with Crippen LogP contribution in [0.15, 0.2) is 97.1 Å². The Morgan fingerprint density at radius 2 is 0.692 bits per heavy atom. The van der Waals surface area contributed by atoms with E-state index in [1.807, 2.05) is 97.1 Å². The van der Waals surface area contributed by atoms with E-state index in [9.17, 15) is 10.2 Å². The summed E-state index contributed by atoms with van der Waals surface area (Å²) in [6, 6.07) is 30.7. The summed E-state index contributed by atoms with van der Waals surface area (Å²) in [7, 11) is 0. The van der Waals surface area contributed by atoms with E-state index in [1.165, 1.54) is 0 Å². The third-order valence-corrected chi connectivity index (χ3v) is 4.53. The smallest absolute Gasteiger partial charge is 0.131 e. The lowest BCUT2D eigenvalue weighted by Crippen LogP contribution is -1.87. The van der Waals surface area contributed by atoms with Crippen LogP contribution in [0.3, 0.4) is 0 Å². The molecule has 0 aromatic heterocycles. The Bertz CT molecular complexity index is 951. The first-order valence-electron chi connectivity index (χ1n) is 8.51. The molecule has 2 N–H and O–H groups in total. The van der Waals surface area contributed by atoms with E-state index in [2.05, 4.69) is 0 Å². The van der Waals surface area contributed by atoms with E-state index in [0.717, 1.165) is 22.3 Å². The monoisotopic (exact) mass is 338 g/mol. The first-order valence-corrected chi connectivity index (χ1v) is 8.51. The summed E-state index contributed by atoms with van der Waals surface area (Å²) in [5.74, 6) is 0.332. The lowest BCUT2D eigenvalue weighted by Gasteiger charge is -2.14.